The highest BCUT2D eigenvalue weighted by molar-refractivity contribution is 7.90. The molecule has 1 rings (SSSR count). The molecule has 104 valence electrons. The van der Waals surface area contributed by atoms with Crippen molar-refractivity contribution in [2.45, 2.75) is 25.7 Å². The van der Waals surface area contributed by atoms with E-state index in [0.717, 1.165) is 6.26 Å². The second kappa shape index (κ2) is 6.17. The number of carbonyl (C=O) groups is 2. The zero-order valence-electron chi connectivity index (χ0n) is 10.5. The second-order valence-electron chi connectivity index (χ2n) is 4.75. The van der Waals surface area contributed by atoms with Crippen LogP contribution >= 0.6 is 0 Å². The van der Waals surface area contributed by atoms with E-state index in [1.165, 1.54) is 4.90 Å². The number of sulfone groups is 1. The topological polar surface area (TPSA) is 91.8 Å². The molecule has 1 N–H and O–H groups in total. The average Bonchev–Trinajstić information content (AvgIpc) is 2.27. The van der Waals surface area contributed by atoms with Gasteiger partial charge in [0.05, 0.1) is 11.7 Å². The monoisotopic (exact) mass is 277 g/mol. The molecule has 1 amide bonds. The van der Waals surface area contributed by atoms with Gasteiger partial charge in [0.25, 0.3) is 0 Å². The fourth-order valence-electron chi connectivity index (χ4n) is 2.05. The van der Waals surface area contributed by atoms with Crippen molar-refractivity contribution in [1.82, 2.24) is 4.90 Å². The van der Waals surface area contributed by atoms with Crippen LogP contribution in [0.4, 0.5) is 0 Å². The first-order valence-corrected chi connectivity index (χ1v) is 8.04. The molecule has 1 aliphatic rings. The number of aliphatic carboxylic acids is 1. The number of rotatable bonds is 5. The molecule has 18 heavy (non-hydrogen) atoms. The predicted octanol–water partition coefficient (Wildman–Crippen LogP) is 0.134. The molecule has 1 aliphatic heterocycles. The lowest BCUT2D eigenvalue weighted by Gasteiger charge is -2.30. The molecule has 7 heteroatoms. The Kier molecular flexibility index (Phi) is 5.13. The van der Waals surface area contributed by atoms with Crippen LogP contribution in [0.1, 0.15) is 25.7 Å². The van der Waals surface area contributed by atoms with Crippen LogP contribution in [0, 0.1) is 5.92 Å². The average molecular weight is 277 g/mol. The molecule has 0 radical (unpaired) electrons. The van der Waals surface area contributed by atoms with Gasteiger partial charge in [-0.05, 0) is 19.3 Å². The predicted molar refractivity (Wildman–Crippen MR) is 65.9 cm³/mol. The van der Waals surface area contributed by atoms with Gasteiger partial charge in [0, 0.05) is 25.8 Å². The molecule has 1 saturated heterocycles. The van der Waals surface area contributed by atoms with Crippen LogP contribution in [0.5, 0.6) is 0 Å². The molecular weight excluding hydrogens is 258 g/mol. The van der Waals surface area contributed by atoms with Crippen LogP contribution in [-0.4, -0.2) is 55.4 Å². The summed E-state index contributed by atoms with van der Waals surface area (Å²) in [6, 6.07) is 0. The van der Waals surface area contributed by atoms with Gasteiger partial charge in [0.15, 0.2) is 0 Å². The molecule has 0 aromatic rings. The molecular formula is C11H19NO5S. The summed E-state index contributed by atoms with van der Waals surface area (Å²) in [5, 5.41) is 8.90. The normalized spacial score (nSPS) is 20.7. The summed E-state index contributed by atoms with van der Waals surface area (Å²) in [5.74, 6) is -1.51. The first-order chi connectivity index (χ1) is 8.29. The number of hydrogen-bond acceptors (Lipinski definition) is 4. The SMILES string of the molecule is CS(=O)(=O)CCCC(=O)N1CCCC(C(=O)O)C1. The molecule has 1 unspecified atom stereocenters. The molecule has 0 saturated carbocycles. The molecule has 0 spiro atoms. The van der Waals surface area contributed by atoms with Crippen molar-refractivity contribution in [2.24, 2.45) is 5.92 Å². The number of carbonyl (C=O) groups excluding carboxylic acids is 1. The first kappa shape index (κ1) is 14.9. The van der Waals surface area contributed by atoms with Crippen LogP contribution < -0.4 is 0 Å². The minimum Gasteiger partial charge on any atom is -0.481 e. The molecule has 1 heterocycles. The minimum atomic E-state index is -3.04. The second-order valence-corrected chi connectivity index (χ2v) is 7.01. The summed E-state index contributed by atoms with van der Waals surface area (Å²) in [6.45, 7) is 0.814. The third kappa shape index (κ3) is 5.03. The summed E-state index contributed by atoms with van der Waals surface area (Å²) in [7, 11) is -3.04. The van der Waals surface area contributed by atoms with Gasteiger partial charge in [-0.15, -0.1) is 0 Å². The number of hydrogen-bond donors (Lipinski definition) is 1. The van der Waals surface area contributed by atoms with E-state index in [4.69, 9.17) is 5.11 Å². The third-order valence-corrected chi connectivity index (χ3v) is 4.06. The van der Waals surface area contributed by atoms with Crippen molar-refractivity contribution in [2.75, 3.05) is 25.1 Å². The molecule has 0 bridgehead atoms. The third-order valence-electron chi connectivity index (χ3n) is 3.03. The number of carboxylic acids is 1. The van der Waals surface area contributed by atoms with Crippen molar-refractivity contribution in [3.05, 3.63) is 0 Å². The maximum absolute atomic E-state index is 11.8. The quantitative estimate of drug-likeness (QED) is 0.771. The van der Waals surface area contributed by atoms with Gasteiger partial charge in [0.2, 0.25) is 5.91 Å². The van der Waals surface area contributed by atoms with E-state index < -0.39 is 21.7 Å². The van der Waals surface area contributed by atoms with E-state index in [1.54, 1.807) is 0 Å². The number of carboxylic acid groups (broad SMARTS) is 1. The number of likely N-dealkylation sites (tertiary alicyclic amines) is 1. The highest BCUT2D eigenvalue weighted by Crippen LogP contribution is 2.17. The Bertz CT molecular complexity index is 417. The summed E-state index contributed by atoms with van der Waals surface area (Å²) >= 11 is 0. The molecule has 1 atom stereocenters. The fraction of sp³-hybridized carbons (Fsp3) is 0.818. The Morgan fingerprint density at radius 3 is 2.61 bits per heavy atom. The van der Waals surface area contributed by atoms with Gasteiger partial charge >= 0.3 is 5.97 Å². The largest absolute Gasteiger partial charge is 0.481 e. The summed E-state index contributed by atoms with van der Waals surface area (Å²) in [4.78, 5) is 24.2. The van der Waals surface area contributed by atoms with Crippen molar-refractivity contribution in [1.29, 1.82) is 0 Å². The van der Waals surface area contributed by atoms with Gasteiger partial charge in [-0.25, -0.2) is 8.42 Å². The maximum atomic E-state index is 11.8. The Labute approximate surface area is 107 Å². The standard InChI is InChI=1S/C11H19NO5S/c1-18(16,17)7-3-5-10(13)12-6-2-4-9(8-12)11(14)15/h9H,2-8H2,1H3,(H,14,15). The summed E-state index contributed by atoms with van der Waals surface area (Å²) in [6.07, 6.45) is 2.89. The Balaban J connectivity index is 2.39. The molecule has 0 aromatic carbocycles. The maximum Gasteiger partial charge on any atom is 0.308 e. The first-order valence-electron chi connectivity index (χ1n) is 5.98. The van der Waals surface area contributed by atoms with Crippen LogP contribution in [0.15, 0.2) is 0 Å². The van der Waals surface area contributed by atoms with Crippen molar-refractivity contribution in [3.63, 3.8) is 0 Å². The molecule has 1 fully saturated rings. The van der Waals surface area contributed by atoms with Crippen LogP contribution in [0.25, 0.3) is 0 Å². The van der Waals surface area contributed by atoms with Crippen LogP contribution in [0.3, 0.4) is 0 Å². The fourth-order valence-corrected chi connectivity index (χ4v) is 2.72. The number of nitrogens with zero attached hydrogens (tertiary/aromatic N) is 1. The smallest absolute Gasteiger partial charge is 0.308 e. The van der Waals surface area contributed by atoms with E-state index in [0.29, 0.717) is 25.8 Å². The zero-order valence-corrected chi connectivity index (χ0v) is 11.3. The van der Waals surface area contributed by atoms with Crippen molar-refractivity contribution >= 4 is 21.7 Å². The van der Waals surface area contributed by atoms with E-state index in [2.05, 4.69) is 0 Å². The number of amides is 1. The Morgan fingerprint density at radius 1 is 1.39 bits per heavy atom. The van der Waals surface area contributed by atoms with Crippen molar-refractivity contribution < 1.29 is 23.1 Å². The lowest BCUT2D eigenvalue weighted by Crippen LogP contribution is -2.42. The highest BCUT2D eigenvalue weighted by Gasteiger charge is 2.27. The van der Waals surface area contributed by atoms with Gasteiger partial charge < -0.3 is 10.0 Å². The Morgan fingerprint density at radius 2 is 2.06 bits per heavy atom. The van der Waals surface area contributed by atoms with Gasteiger partial charge in [0.1, 0.15) is 9.84 Å². The van der Waals surface area contributed by atoms with E-state index >= 15 is 0 Å². The van der Waals surface area contributed by atoms with Crippen LogP contribution in [-0.2, 0) is 19.4 Å². The number of piperidine rings is 1. The van der Waals surface area contributed by atoms with Gasteiger partial charge in [-0.3, -0.25) is 9.59 Å². The van der Waals surface area contributed by atoms with Gasteiger partial charge in [-0.2, -0.15) is 0 Å². The van der Waals surface area contributed by atoms with Crippen molar-refractivity contribution in [3.8, 4) is 0 Å². The molecule has 0 aromatic heterocycles. The lowest BCUT2D eigenvalue weighted by molar-refractivity contribution is -0.145. The van der Waals surface area contributed by atoms with Gasteiger partial charge in [-0.1, -0.05) is 0 Å². The van der Waals surface area contributed by atoms with Crippen LogP contribution in [0.2, 0.25) is 0 Å². The summed E-state index contributed by atoms with van der Waals surface area (Å²) < 4.78 is 21.9. The minimum absolute atomic E-state index is 0.00502. The Hall–Kier alpha value is -1.11. The zero-order chi connectivity index (χ0) is 13.8. The summed E-state index contributed by atoms with van der Waals surface area (Å²) in [5.41, 5.74) is 0. The highest BCUT2D eigenvalue weighted by atomic mass is 32.2. The van der Waals surface area contributed by atoms with E-state index in [1.807, 2.05) is 0 Å². The molecule has 6 nitrogen and oxygen atoms in total. The van der Waals surface area contributed by atoms with E-state index in [9.17, 15) is 18.0 Å². The lowest BCUT2D eigenvalue weighted by atomic mass is 9.98. The van der Waals surface area contributed by atoms with E-state index in [-0.39, 0.29) is 24.6 Å². The molecule has 0 aliphatic carbocycles.